The summed E-state index contributed by atoms with van der Waals surface area (Å²) in [7, 11) is 0. The number of hydrogen-bond acceptors (Lipinski definition) is 3. The highest BCUT2D eigenvalue weighted by molar-refractivity contribution is 5.73. The smallest absolute Gasteiger partial charge is 0.321 e. The Morgan fingerprint density at radius 1 is 1.20 bits per heavy atom. The molecule has 1 rings (SSSR count). The van der Waals surface area contributed by atoms with Crippen LogP contribution >= 0.6 is 0 Å². The summed E-state index contributed by atoms with van der Waals surface area (Å²) in [4.78, 5) is 13.6. The van der Waals surface area contributed by atoms with Crippen LogP contribution < -0.4 is 5.32 Å². The van der Waals surface area contributed by atoms with Crippen LogP contribution in [0.1, 0.15) is 32.3 Å². The van der Waals surface area contributed by atoms with Crippen LogP contribution in [-0.2, 0) is 11.2 Å². The molecule has 0 aliphatic carbocycles. The van der Waals surface area contributed by atoms with Crippen LogP contribution in [0.2, 0.25) is 0 Å². The predicted molar refractivity (Wildman–Crippen MR) is 81.7 cm³/mol. The fraction of sp³-hybridized carbons (Fsp3) is 0.562. The van der Waals surface area contributed by atoms with E-state index in [0.29, 0.717) is 13.1 Å². The van der Waals surface area contributed by atoms with E-state index >= 15 is 0 Å². The number of benzene rings is 1. The molecule has 0 saturated heterocycles. The second-order valence-electron chi connectivity index (χ2n) is 5.06. The summed E-state index contributed by atoms with van der Waals surface area (Å²) in [6.07, 6.45) is 2.68. The van der Waals surface area contributed by atoms with Gasteiger partial charge in [0.05, 0.1) is 0 Å². The first-order valence-corrected chi connectivity index (χ1v) is 7.39. The summed E-state index contributed by atoms with van der Waals surface area (Å²) >= 11 is 0. The summed E-state index contributed by atoms with van der Waals surface area (Å²) in [5, 5.41) is 12.5. The molecule has 0 radical (unpaired) electrons. The molecule has 0 spiro atoms. The molecule has 0 fully saturated rings. The second-order valence-corrected chi connectivity index (χ2v) is 5.06. The largest absolute Gasteiger partial charge is 0.480 e. The van der Waals surface area contributed by atoms with E-state index in [4.69, 9.17) is 0 Å². The predicted octanol–water partition coefficient (Wildman–Crippen LogP) is 2.35. The number of carboxylic acids is 1. The van der Waals surface area contributed by atoms with E-state index in [0.717, 1.165) is 31.5 Å². The molecular weight excluding hydrogens is 252 g/mol. The third-order valence-electron chi connectivity index (χ3n) is 3.22. The Balaban J connectivity index is 2.52. The Bertz CT molecular complexity index is 375. The molecule has 0 saturated carbocycles. The van der Waals surface area contributed by atoms with Crippen molar-refractivity contribution in [2.24, 2.45) is 0 Å². The van der Waals surface area contributed by atoms with E-state index in [1.165, 1.54) is 0 Å². The Labute approximate surface area is 121 Å². The Morgan fingerprint density at radius 3 is 2.30 bits per heavy atom. The standard InChI is InChI=1S/C16H26N2O2/c1-3-10-18(11-4-2)13-17-15(16(19)20)12-14-8-6-5-7-9-14/h5-9,15,17H,3-4,10-13H2,1-2H3,(H,19,20)/t15-/m0/s1. The summed E-state index contributed by atoms with van der Waals surface area (Å²) in [5.41, 5.74) is 1.05. The van der Waals surface area contributed by atoms with Gasteiger partial charge >= 0.3 is 5.97 Å². The minimum Gasteiger partial charge on any atom is -0.480 e. The first-order valence-electron chi connectivity index (χ1n) is 7.39. The molecule has 112 valence electrons. The van der Waals surface area contributed by atoms with Crippen molar-refractivity contribution in [3.63, 3.8) is 0 Å². The van der Waals surface area contributed by atoms with Crippen LogP contribution in [0.5, 0.6) is 0 Å². The molecule has 0 amide bonds. The number of nitrogens with one attached hydrogen (secondary N) is 1. The summed E-state index contributed by atoms with van der Waals surface area (Å²) < 4.78 is 0. The number of rotatable bonds is 10. The van der Waals surface area contributed by atoms with E-state index in [1.54, 1.807) is 0 Å². The minimum atomic E-state index is -0.790. The van der Waals surface area contributed by atoms with Crippen molar-refractivity contribution >= 4 is 5.97 Å². The lowest BCUT2D eigenvalue weighted by Crippen LogP contribution is -2.45. The van der Waals surface area contributed by atoms with Gasteiger partial charge in [0.2, 0.25) is 0 Å². The topological polar surface area (TPSA) is 52.6 Å². The number of carboxylic acid groups (broad SMARTS) is 1. The zero-order valence-corrected chi connectivity index (χ0v) is 12.5. The number of hydrogen-bond donors (Lipinski definition) is 2. The third kappa shape index (κ3) is 6.17. The van der Waals surface area contributed by atoms with Crippen molar-refractivity contribution in [2.75, 3.05) is 19.8 Å². The molecule has 0 bridgehead atoms. The van der Waals surface area contributed by atoms with Gasteiger partial charge in [0.25, 0.3) is 0 Å². The molecular formula is C16H26N2O2. The molecule has 20 heavy (non-hydrogen) atoms. The van der Waals surface area contributed by atoms with Crippen molar-refractivity contribution in [2.45, 2.75) is 39.2 Å². The highest BCUT2D eigenvalue weighted by Crippen LogP contribution is 2.04. The van der Waals surface area contributed by atoms with Crippen molar-refractivity contribution < 1.29 is 9.90 Å². The number of aliphatic carboxylic acids is 1. The van der Waals surface area contributed by atoms with E-state index in [1.807, 2.05) is 30.3 Å². The fourth-order valence-electron chi connectivity index (χ4n) is 2.24. The molecule has 0 unspecified atom stereocenters. The van der Waals surface area contributed by atoms with Crippen LogP contribution in [0.3, 0.4) is 0 Å². The average Bonchev–Trinajstić information content (AvgIpc) is 2.44. The second kappa shape index (κ2) is 9.50. The average molecular weight is 278 g/mol. The van der Waals surface area contributed by atoms with Gasteiger partial charge in [-0.05, 0) is 37.9 Å². The first kappa shape index (κ1) is 16.7. The minimum absolute atomic E-state index is 0.516. The van der Waals surface area contributed by atoms with Crippen molar-refractivity contribution in [3.05, 3.63) is 35.9 Å². The normalized spacial score (nSPS) is 12.6. The highest BCUT2D eigenvalue weighted by Gasteiger charge is 2.18. The van der Waals surface area contributed by atoms with Crippen LogP contribution in [-0.4, -0.2) is 41.8 Å². The monoisotopic (exact) mass is 278 g/mol. The molecule has 4 heteroatoms. The maximum absolute atomic E-state index is 11.4. The van der Waals surface area contributed by atoms with E-state index in [2.05, 4.69) is 24.1 Å². The summed E-state index contributed by atoms with van der Waals surface area (Å²) in [6, 6.07) is 9.22. The van der Waals surface area contributed by atoms with Crippen LogP contribution in [0, 0.1) is 0 Å². The van der Waals surface area contributed by atoms with Gasteiger partial charge in [-0.2, -0.15) is 0 Å². The third-order valence-corrected chi connectivity index (χ3v) is 3.22. The lowest BCUT2D eigenvalue weighted by molar-refractivity contribution is -0.139. The Kier molecular flexibility index (Phi) is 7.92. The Hall–Kier alpha value is -1.39. The van der Waals surface area contributed by atoms with Crippen molar-refractivity contribution in [1.82, 2.24) is 10.2 Å². The van der Waals surface area contributed by atoms with E-state index in [9.17, 15) is 9.90 Å². The highest BCUT2D eigenvalue weighted by atomic mass is 16.4. The summed E-state index contributed by atoms with van der Waals surface area (Å²) in [6.45, 7) is 6.91. The lowest BCUT2D eigenvalue weighted by Gasteiger charge is -2.24. The van der Waals surface area contributed by atoms with Gasteiger partial charge in [0.15, 0.2) is 0 Å². The summed E-state index contributed by atoms with van der Waals surface area (Å²) in [5.74, 6) is -0.790. The maximum atomic E-state index is 11.4. The van der Waals surface area contributed by atoms with Gasteiger partial charge in [-0.1, -0.05) is 44.2 Å². The molecule has 0 heterocycles. The molecule has 2 N–H and O–H groups in total. The van der Waals surface area contributed by atoms with Crippen molar-refractivity contribution in [3.8, 4) is 0 Å². The molecule has 0 aliphatic rings. The maximum Gasteiger partial charge on any atom is 0.321 e. The van der Waals surface area contributed by atoms with Crippen LogP contribution in [0.4, 0.5) is 0 Å². The van der Waals surface area contributed by atoms with Gasteiger partial charge < -0.3 is 5.11 Å². The van der Waals surface area contributed by atoms with Crippen LogP contribution in [0.25, 0.3) is 0 Å². The van der Waals surface area contributed by atoms with Gasteiger partial charge in [-0.3, -0.25) is 15.0 Å². The van der Waals surface area contributed by atoms with Crippen LogP contribution in [0.15, 0.2) is 30.3 Å². The van der Waals surface area contributed by atoms with Gasteiger partial charge in [-0.25, -0.2) is 0 Å². The molecule has 1 atom stereocenters. The molecule has 1 aromatic carbocycles. The van der Waals surface area contributed by atoms with Gasteiger partial charge in [-0.15, -0.1) is 0 Å². The van der Waals surface area contributed by atoms with Gasteiger partial charge in [0, 0.05) is 6.67 Å². The molecule has 0 aromatic heterocycles. The number of carbonyl (C=O) groups is 1. The number of nitrogens with zero attached hydrogens (tertiary/aromatic N) is 1. The lowest BCUT2D eigenvalue weighted by atomic mass is 10.1. The molecule has 0 aliphatic heterocycles. The Morgan fingerprint density at radius 2 is 1.80 bits per heavy atom. The van der Waals surface area contributed by atoms with E-state index < -0.39 is 12.0 Å². The SMILES string of the molecule is CCCN(CCC)CN[C@@H](Cc1ccccc1)C(=O)O. The fourth-order valence-corrected chi connectivity index (χ4v) is 2.24. The zero-order valence-electron chi connectivity index (χ0n) is 12.5. The molecule has 1 aromatic rings. The molecule has 4 nitrogen and oxygen atoms in total. The van der Waals surface area contributed by atoms with Gasteiger partial charge in [0.1, 0.15) is 6.04 Å². The first-order chi connectivity index (χ1) is 9.67. The van der Waals surface area contributed by atoms with E-state index in [-0.39, 0.29) is 0 Å². The quantitative estimate of drug-likeness (QED) is 0.645. The van der Waals surface area contributed by atoms with Crippen molar-refractivity contribution in [1.29, 1.82) is 0 Å². The zero-order chi connectivity index (χ0) is 14.8.